The number of carbonyl (C=O) groups excluding carboxylic acids is 2. The van der Waals surface area contributed by atoms with Gasteiger partial charge in [0.2, 0.25) is 0 Å². The Balaban J connectivity index is 1.61. The number of carbonyl (C=O) groups is 2. The van der Waals surface area contributed by atoms with Gasteiger partial charge in [0.05, 0.1) is 13.2 Å². The molecule has 1 N–H and O–H groups in total. The van der Waals surface area contributed by atoms with E-state index < -0.39 is 5.54 Å². The summed E-state index contributed by atoms with van der Waals surface area (Å²) in [5, 5.41) is 2.94. The Bertz CT molecular complexity index is 899. The van der Waals surface area contributed by atoms with Crippen LogP contribution in [0.2, 0.25) is 0 Å². The molecule has 4 rings (SSSR count). The number of amides is 3. The van der Waals surface area contributed by atoms with Crippen molar-refractivity contribution in [3.8, 4) is 5.75 Å². The van der Waals surface area contributed by atoms with E-state index in [1.807, 2.05) is 36.4 Å². The minimum atomic E-state index is -1.02. The molecule has 0 bridgehead atoms. The summed E-state index contributed by atoms with van der Waals surface area (Å²) in [6, 6.07) is 15.2. The number of hydrogen-bond acceptors (Lipinski definition) is 3. The third-order valence-electron chi connectivity index (χ3n) is 5.42. The topological polar surface area (TPSA) is 58.6 Å². The standard InChI is InChI=1S/C22H24N2O3/c1-21(2,3)16-10-8-15(9-11-16)14-24-19(25)22(23-20(24)26)12-13-27-18-7-5-4-6-17(18)22/h4-11H,12-14H2,1-3H3,(H,23,26)/t22-/m1/s1. The van der Waals surface area contributed by atoms with Crippen LogP contribution in [0.5, 0.6) is 5.75 Å². The van der Waals surface area contributed by atoms with Crippen LogP contribution in [0.4, 0.5) is 4.79 Å². The molecule has 2 aromatic carbocycles. The second-order valence-electron chi connectivity index (χ2n) is 8.27. The van der Waals surface area contributed by atoms with Crippen molar-refractivity contribution in [1.29, 1.82) is 0 Å². The van der Waals surface area contributed by atoms with Gasteiger partial charge in [0.15, 0.2) is 5.54 Å². The van der Waals surface area contributed by atoms with Gasteiger partial charge in [-0.25, -0.2) is 4.79 Å². The van der Waals surface area contributed by atoms with Crippen LogP contribution in [0, 0.1) is 0 Å². The van der Waals surface area contributed by atoms with Crippen LogP contribution >= 0.6 is 0 Å². The number of ether oxygens (including phenoxy) is 1. The molecule has 1 atom stereocenters. The lowest BCUT2D eigenvalue weighted by molar-refractivity contribution is -0.133. The van der Waals surface area contributed by atoms with Crippen LogP contribution in [0.15, 0.2) is 48.5 Å². The number of rotatable bonds is 2. The van der Waals surface area contributed by atoms with Crippen LogP contribution < -0.4 is 10.1 Å². The lowest BCUT2D eigenvalue weighted by Gasteiger charge is -2.33. The van der Waals surface area contributed by atoms with E-state index in [2.05, 4.69) is 38.2 Å². The highest BCUT2D eigenvalue weighted by atomic mass is 16.5. The van der Waals surface area contributed by atoms with Crippen molar-refractivity contribution in [3.05, 3.63) is 65.2 Å². The van der Waals surface area contributed by atoms with Crippen LogP contribution in [0.25, 0.3) is 0 Å². The van der Waals surface area contributed by atoms with Gasteiger partial charge in [-0.15, -0.1) is 0 Å². The van der Waals surface area contributed by atoms with Crippen molar-refractivity contribution < 1.29 is 14.3 Å². The Kier molecular flexibility index (Phi) is 3.98. The maximum absolute atomic E-state index is 13.3. The summed E-state index contributed by atoms with van der Waals surface area (Å²) in [5.74, 6) is 0.455. The number of para-hydroxylation sites is 1. The van der Waals surface area contributed by atoms with Crippen molar-refractivity contribution in [2.75, 3.05) is 6.61 Å². The van der Waals surface area contributed by atoms with E-state index in [0.717, 1.165) is 11.1 Å². The van der Waals surface area contributed by atoms with Crippen LogP contribution in [0.1, 0.15) is 43.9 Å². The first-order valence-electron chi connectivity index (χ1n) is 9.27. The van der Waals surface area contributed by atoms with Gasteiger partial charge in [-0.1, -0.05) is 63.2 Å². The molecule has 0 saturated carbocycles. The molecule has 0 radical (unpaired) electrons. The van der Waals surface area contributed by atoms with E-state index in [9.17, 15) is 9.59 Å². The zero-order valence-corrected chi connectivity index (χ0v) is 15.9. The van der Waals surface area contributed by atoms with Crippen molar-refractivity contribution >= 4 is 11.9 Å². The Morgan fingerprint density at radius 2 is 1.78 bits per heavy atom. The fourth-order valence-electron chi connectivity index (χ4n) is 3.81. The molecule has 27 heavy (non-hydrogen) atoms. The van der Waals surface area contributed by atoms with Crippen LogP contribution in [0.3, 0.4) is 0 Å². The predicted octanol–water partition coefficient (Wildman–Crippen LogP) is 3.71. The van der Waals surface area contributed by atoms with Crippen molar-refractivity contribution in [1.82, 2.24) is 10.2 Å². The smallest absolute Gasteiger partial charge is 0.325 e. The lowest BCUT2D eigenvalue weighted by Crippen LogP contribution is -2.47. The Morgan fingerprint density at radius 3 is 2.48 bits per heavy atom. The Morgan fingerprint density at radius 1 is 1.07 bits per heavy atom. The van der Waals surface area contributed by atoms with E-state index in [0.29, 0.717) is 18.8 Å². The average Bonchev–Trinajstić information content (AvgIpc) is 2.87. The van der Waals surface area contributed by atoms with Gasteiger partial charge in [0, 0.05) is 12.0 Å². The lowest BCUT2D eigenvalue weighted by atomic mass is 9.84. The van der Waals surface area contributed by atoms with Crippen molar-refractivity contribution in [2.24, 2.45) is 0 Å². The molecule has 0 aromatic heterocycles. The third kappa shape index (κ3) is 2.87. The molecule has 0 unspecified atom stereocenters. The van der Waals surface area contributed by atoms with E-state index in [1.165, 1.54) is 10.5 Å². The fourth-order valence-corrected chi connectivity index (χ4v) is 3.81. The average molecular weight is 364 g/mol. The van der Waals surface area contributed by atoms with Gasteiger partial charge >= 0.3 is 6.03 Å². The van der Waals surface area contributed by atoms with E-state index in [-0.39, 0.29) is 23.9 Å². The number of hydrogen-bond donors (Lipinski definition) is 1. The van der Waals surface area contributed by atoms with Gasteiger partial charge in [0.25, 0.3) is 5.91 Å². The summed E-state index contributed by atoms with van der Waals surface area (Å²) in [7, 11) is 0. The highest BCUT2D eigenvalue weighted by molar-refractivity contribution is 6.07. The van der Waals surface area contributed by atoms with Crippen molar-refractivity contribution in [3.63, 3.8) is 0 Å². The monoisotopic (exact) mass is 364 g/mol. The Labute approximate surface area is 159 Å². The van der Waals surface area contributed by atoms with Gasteiger partial charge in [-0.2, -0.15) is 0 Å². The fraction of sp³-hybridized carbons (Fsp3) is 0.364. The predicted molar refractivity (Wildman–Crippen MR) is 102 cm³/mol. The normalized spacial score (nSPS) is 21.8. The molecular formula is C22H24N2O3. The van der Waals surface area contributed by atoms with Crippen molar-refractivity contribution in [2.45, 2.75) is 44.7 Å². The molecular weight excluding hydrogens is 340 g/mol. The minimum Gasteiger partial charge on any atom is -0.493 e. The molecule has 2 aliphatic heterocycles. The summed E-state index contributed by atoms with van der Waals surface area (Å²) in [5.41, 5.74) is 1.94. The number of fused-ring (bicyclic) bond motifs is 2. The molecule has 2 aliphatic rings. The Hall–Kier alpha value is -2.82. The molecule has 0 aliphatic carbocycles. The summed E-state index contributed by atoms with van der Waals surface area (Å²) >= 11 is 0. The largest absolute Gasteiger partial charge is 0.493 e. The third-order valence-corrected chi connectivity index (χ3v) is 5.42. The molecule has 1 fully saturated rings. The number of nitrogens with one attached hydrogen (secondary N) is 1. The molecule has 140 valence electrons. The number of urea groups is 1. The summed E-state index contributed by atoms with van der Waals surface area (Å²) in [6.45, 7) is 7.14. The van der Waals surface area contributed by atoms with E-state index >= 15 is 0 Å². The molecule has 1 saturated heterocycles. The molecule has 5 heteroatoms. The zero-order valence-electron chi connectivity index (χ0n) is 15.9. The maximum Gasteiger partial charge on any atom is 0.325 e. The summed E-state index contributed by atoms with van der Waals surface area (Å²) < 4.78 is 5.67. The van der Waals surface area contributed by atoms with Gasteiger partial charge in [-0.05, 0) is 22.6 Å². The second kappa shape index (κ2) is 6.12. The molecule has 2 heterocycles. The van der Waals surface area contributed by atoms with Gasteiger partial charge in [-0.3, -0.25) is 9.69 Å². The first-order chi connectivity index (χ1) is 12.8. The summed E-state index contributed by atoms with van der Waals surface area (Å²) in [4.78, 5) is 27.2. The molecule has 1 spiro atoms. The van der Waals surface area contributed by atoms with E-state index in [4.69, 9.17) is 4.74 Å². The second-order valence-corrected chi connectivity index (χ2v) is 8.27. The number of imide groups is 1. The first kappa shape index (κ1) is 17.6. The van der Waals surface area contributed by atoms with Crippen LogP contribution in [-0.4, -0.2) is 23.4 Å². The zero-order chi connectivity index (χ0) is 19.2. The van der Waals surface area contributed by atoms with Gasteiger partial charge < -0.3 is 10.1 Å². The highest BCUT2D eigenvalue weighted by Crippen LogP contribution is 2.41. The maximum atomic E-state index is 13.3. The number of nitrogens with zero attached hydrogens (tertiary/aromatic N) is 1. The molecule has 2 aromatic rings. The highest BCUT2D eigenvalue weighted by Gasteiger charge is 2.54. The molecule has 5 nitrogen and oxygen atoms in total. The summed E-state index contributed by atoms with van der Waals surface area (Å²) in [6.07, 6.45) is 0.439. The quantitative estimate of drug-likeness (QED) is 0.827. The van der Waals surface area contributed by atoms with Crippen LogP contribution in [-0.2, 0) is 22.3 Å². The first-order valence-corrected chi connectivity index (χ1v) is 9.27. The number of benzene rings is 2. The minimum absolute atomic E-state index is 0.0647. The SMILES string of the molecule is CC(C)(C)c1ccc(CN2C(=O)N[C@@]3(CCOc4ccccc43)C2=O)cc1. The van der Waals surface area contributed by atoms with E-state index in [1.54, 1.807) is 0 Å². The van der Waals surface area contributed by atoms with Gasteiger partial charge in [0.1, 0.15) is 5.75 Å². The molecule has 3 amide bonds.